The summed E-state index contributed by atoms with van der Waals surface area (Å²) in [5, 5.41) is 8.83. The van der Waals surface area contributed by atoms with Gasteiger partial charge in [-0.15, -0.1) is 11.6 Å². The van der Waals surface area contributed by atoms with Gasteiger partial charge >= 0.3 is 5.97 Å². The standard InChI is InChI=1S/C12H13ClO4/c1-17-11-4-2-3-8(10(14)5-6-13)9(11)7-12(15)16/h2-4H,5-7H2,1H3,(H,15,16). The lowest BCUT2D eigenvalue weighted by molar-refractivity contribution is -0.136. The molecule has 1 rings (SSSR count). The van der Waals surface area contributed by atoms with Crippen LogP contribution in [0.2, 0.25) is 0 Å². The van der Waals surface area contributed by atoms with Crippen LogP contribution in [0.15, 0.2) is 18.2 Å². The molecule has 1 N–H and O–H groups in total. The zero-order valence-corrected chi connectivity index (χ0v) is 10.2. The van der Waals surface area contributed by atoms with E-state index < -0.39 is 5.97 Å². The van der Waals surface area contributed by atoms with E-state index in [4.69, 9.17) is 21.4 Å². The Bertz CT molecular complexity index is 429. The van der Waals surface area contributed by atoms with Crippen LogP contribution in [0.3, 0.4) is 0 Å². The predicted octanol–water partition coefficient (Wildman–Crippen LogP) is 2.13. The molecule has 0 spiro atoms. The summed E-state index contributed by atoms with van der Waals surface area (Å²) in [5.74, 6) is -0.555. The van der Waals surface area contributed by atoms with Gasteiger partial charge in [0.1, 0.15) is 5.75 Å². The average Bonchev–Trinajstić information content (AvgIpc) is 2.28. The molecule has 92 valence electrons. The fraction of sp³-hybridized carbons (Fsp3) is 0.333. The van der Waals surface area contributed by atoms with E-state index in [1.54, 1.807) is 18.2 Å². The second-order valence-corrected chi connectivity index (χ2v) is 3.80. The van der Waals surface area contributed by atoms with Gasteiger partial charge in [0.15, 0.2) is 5.78 Å². The summed E-state index contributed by atoms with van der Waals surface area (Å²) in [6, 6.07) is 4.89. The van der Waals surface area contributed by atoms with E-state index in [0.29, 0.717) is 16.9 Å². The molecule has 0 amide bonds. The molecule has 1 aromatic carbocycles. The number of ether oxygens (including phenoxy) is 1. The van der Waals surface area contributed by atoms with Gasteiger partial charge in [0.2, 0.25) is 0 Å². The van der Waals surface area contributed by atoms with Crippen LogP contribution in [0.1, 0.15) is 22.3 Å². The van der Waals surface area contributed by atoms with Crippen molar-refractivity contribution in [2.24, 2.45) is 0 Å². The van der Waals surface area contributed by atoms with Gasteiger partial charge < -0.3 is 9.84 Å². The van der Waals surface area contributed by atoms with Crippen molar-refractivity contribution in [2.45, 2.75) is 12.8 Å². The van der Waals surface area contributed by atoms with E-state index in [-0.39, 0.29) is 24.5 Å². The normalized spacial score (nSPS) is 10.0. The van der Waals surface area contributed by atoms with E-state index in [9.17, 15) is 9.59 Å². The van der Waals surface area contributed by atoms with Gasteiger partial charge in [-0.3, -0.25) is 9.59 Å². The fourth-order valence-electron chi connectivity index (χ4n) is 1.57. The molecular weight excluding hydrogens is 244 g/mol. The maximum Gasteiger partial charge on any atom is 0.307 e. The summed E-state index contributed by atoms with van der Waals surface area (Å²) >= 11 is 5.51. The Morgan fingerprint density at radius 3 is 2.65 bits per heavy atom. The fourth-order valence-corrected chi connectivity index (χ4v) is 1.74. The van der Waals surface area contributed by atoms with E-state index in [2.05, 4.69) is 0 Å². The first-order chi connectivity index (χ1) is 8.10. The third-order valence-corrected chi connectivity index (χ3v) is 2.49. The highest BCUT2D eigenvalue weighted by Gasteiger charge is 2.17. The van der Waals surface area contributed by atoms with Crippen molar-refractivity contribution in [1.82, 2.24) is 0 Å². The Balaban J connectivity index is 3.18. The van der Waals surface area contributed by atoms with E-state index in [1.165, 1.54) is 7.11 Å². The molecule has 0 atom stereocenters. The summed E-state index contributed by atoms with van der Waals surface area (Å²) in [5.41, 5.74) is 0.769. The maximum absolute atomic E-state index is 11.8. The van der Waals surface area contributed by atoms with Crippen LogP contribution >= 0.6 is 11.6 Å². The van der Waals surface area contributed by atoms with Gasteiger partial charge in [-0.1, -0.05) is 12.1 Å². The first-order valence-electron chi connectivity index (χ1n) is 5.07. The lowest BCUT2D eigenvalue weighted by atomic mass is 9.98. The number of carboxylic acid groups (broad SMARTS) is 1. The third-order valence-electron chi connectivity index (χ3n) is 2.30. The molecule has 0 aliphatic heterocycles. The van der Waals surface area contributed by atoms with Crippen molar-refractivity contribution < 1.29 is 19.4 Å². The van der Waals surface area contributed by atoms with Crippen LogP contribution in [0.5, 0.6) is 5.75 Å². The van der Waals surface area contributed by atoms with E-state index in [0.717, 1.165) is 0 Å². The number of hydrogen-bond acceptors (Lipinski definition) is 3. The molecule has 0 aromatic heterocycles. The van der Waals surface area contributed by atoms with Crippen molar-refractivity contribution in [3.8, 4) is 5.75 Å². The molecule has 0 bridgehead atoms. The number of halogens is 1. The minimum Gasteiger partial charge on any atom is -0.496 e. The quantitative estimate of drug-likeness (QED) is 0.626. The SMILES string of the molecule is COc1cccc(C(=O)CCCl)c1CC(=O)O. The Kier molecular flexibility index (Phi) is 4.97. The Morgan fingerprint density at radius 1 is 1.41 bits per heavy atom. The van der Waals surface area contributed by atoms with Crippen LogP contribution in [0.4, 0.5) is 0 Å². The summed E-state index contributed by atoms with van der Waals surface area (Å²) in [7, 11) is 1.44. The number of carbonyl (C=O) groups is 2. The molecule has 0 heterocycles. The van der Waals surface area contributed by atoms with Gasteiger partial charge in [0.05, 0.1) is 13.5 Å². The lowest BCUT2D eigenvalue weighted by Gasteiger charge is -2.11. The number of carbonyl (C=O) groups excluding carboxylic acids is 1. The number of Topliss-reactive ketones (excluding diaryl/α,β-unsaturated/α-hetero) is 1. The molecule has 0 aliphatic rings. The van der Waals surface area contributed by atoms with Crippen LogP contribution in [0.25, 0.3) is 0 Å². The highest BCUT2D eigenvalue weighted by Crippen LogP contribution is 2.24. The summed E-state index contributed by atoms with van der Waals surface area (Å²) in [6.45, 7) is 0. The van der Waals surface area contributed by atoms with Crippen molar-refractivity contribution in [1.29, 1.82) is 0 Å². The second kappa shape index (κ2) is 6.25. The number of benzene rings is 1. The first-order valence-corrected chi connectivity index (χ1v) is 5.60. The first kappa shape index (κ1) is 13.5. The molecule has 0 saturated carbocycles. The molecule has 5 heteroatoms. The Labute approximate surface area is 104 Å². The van der Waals surface area contributed by atoms with E-state index in [1.807, 2.05) is 0 Å². The number of hydrogen-bond donors (Lipinski definition) is 1. The van der Waals surface area contributed by atoms with Gasteiger partial charge in [0.25, 0.3) is 0 Å². The second-order valence-electron chi connectivity index (χ2n) is 3.42. The van der Waals surface area contributed by atoms with Gasteiger partial charge in [-0.25, -0.2) is 0 Å². The molecular formula is C12H13ClO4. The topological polar surface area (TPSA) is 63.6 Å². The van der Waals surface area contributed by atoms with Crippen molar-refractivity contribution >= 4 is 23.4 Å². The summed E-state index contributed by atoms with van der Waals surface area (Å²) in [6.07, 6.45) is -0.0608. The minimum absolute atomic E-state index is 0.171. The number of alkyl halides is 1. The molecule has 0 unspecified atom stereocenters. The lowest BCUT2D eigenvalue weighted by Crippen LogP contribution is -2.10. The van der Waals surface area contributed by atoms with Crippen LogP contribution in [0, 0.1) is 0 Å². The summed E-state index contributed by atoms with van der Waals surface area (Å²) in [4.78, 5) is 22.6. The predicted molar refractivity (Wildman–Crippen MR) is 64.0 cm³/mol. The molecule has 4 nitrogen and oxygen atoms in total. The van der Waals surface area contributed by atoms with Crippen molar-refractivity contribution in [3.05, 3.63) is 29.3 Å². The van der Waals surface area contributed by atoms with Gasteiger partial charge in [0, 0.05) is 23.4 Å². The van der Waals surface area contributed by atoms with Crippen molar-refractivity contribution in [2.75, 3.05) is 13.0 Å². The van der Waals surface area contributed by atoms with Crippen LogP contribution in [-0.4, -0.2) is 29.8 Å². The Morgan fingerprint density at radius 2 is 2.12 bits per heavy atom. The summed E-state index contributed by atoms with van der Waals surface area (Å²) < 4.78 is 5.07. The number of carboxylic acids is 1. The molecule has 0 fully saturated rings. The van der Waals surface area contributed by atoms with Crippen LogP contribution < -0.4 is 4.74 Å². The van der Waals surface area contributed by atoms with Gasteiger partial charge in [-0.2, -0.15) is 0 Å². The minimum atomic E-state index is -1.01. The highest BCUT2D eigenvalue weighted by atomic mass is 35.5. The number of rotatable bonds is 6. The number of ketones is 1. The smallest absolute Gasteiger partial charge is 0.307 e. The molecule has 0 radical (unpaired) electrons. The molecule has 1 aromatic rings. The Hall–Kier alpha value is -1.55. The zero-order valence-electron chi connectivity index (χ0n) is 9.40. The zero-order chi connectivity index (χ0) is 12.8. The largest absolute Gasteiger partial charge is 0.496 e. The van der Waals surface area contributed by atoms with Gasteiger partial charge in [-0.05, 0) is 6.07 Å². The van der Waals surface area contributed by atoms with E-state index >= 15 is 0 Å². The van der Waals surface area contributed by atoms with Crippen LogP contribution in [-0.2, 0) is 11.2 Å². The monoisotopic (exact) mass is 256 g/mol. The highest BCUT2D eigenvalue weighted by molar-refractivity contribution is 6.19. The van der Waals surface area contributed by atoms with Crippen molar-refractivity contribution in [3.63, 3.8) is 0 Å². The molecule has 0 saturated heterocycles. The molecule has 17 heavy (non-hydrogen) atoms. The average molecular weight is 257 g/mol. The maximum atomic E-state index is 11.8. The number of methoxy groups -OCH3 is 1. The molecule has 0 aliphatic carbocycles. The number of aliphatic carboxylic acids is 1. The third kappa shape index (κ3) is 3.46.